The van der Waals surface area contributed by atoms with E-state index in [1.54, 1.807) is 18.2 Å². The number of rotatable bonds is 1. The smallest absolute Gasteiger partial charge is 0.118 e. The van der Waals surface area contributed by atoms with Gasteiger partial charge in [-0.1, -0.05) is 17.7 Å². The fraction of sp³-hybridized carbons (Fsp3) is 0.143. The van der Waals surface area contributed by atoms with Crippen LogP contribution in [0.1, 0.15) is 5.56 Å². The molecule has 0 aromatic heterocycles. The Morgan fingerprint density at radius 2 is 2.20 bits per heavy atom. The zero-order valence-electron chi connectivity index (χ0n) is 5.27. The number of nitrogen functional groups attached to an aromatic ring is 1. The van der Waals surface area contributed by atoms with Crippen LogP contribution in [-0.2, 0) is 6.67 Å². The minimum Gasteiger partial charge on any atom is -0.398 e. The molecule has 0 aliphatic heterocycles. The van der Waals surface area contributed by atoms with Crippen LogP contribution in [-0.4, -0.2) is 0 Å². The van der Waals surface area contributed by atoms with Gasteiger partial charge in [0.05, 0.1) is 0 Å². The predicted molar refractivity (Wildman–Crippen MR) is 40.7 cm³/mol. The van der Waals surface area contributed by atoms with Gasteiger partial charge in [-0.25, -0.2) is 4.39 Å². The molecule has 1 aromatic carbocycles. The Hall–Kier alpha value is -0.760. The molecule has 0 unspecified atom stereocenters. The molecular formula is C7H7ClFN. The zero-order chi connectivity index (χ0) is 7.56. The summed E-state index contributed by atoms with van der Waals surface area (Å²) in [6, 6.07) is 4.93. The molecule has 10 heavy (non-hydrogen) atoms. The van der Waals surface area contributed by atoms with Crippen molar-refractivity contribution in [3.63, 3.8) is 0 Å². The molecule has 1 rings (SSSR count). The van der Waals surface area contributed by atoms with Crippen LogP contribution < -0.4 is 5.73 Å². The maximum Gasteiger partial charge on any atom is 0.118 e. The summed E-state index contributed by atoms with van der Waals surface area (Å²) in [6.07, 6.45) is 0. The first-order chi connectivity index (χ1) is 4.75. The first kappa shape index (κ1) is 7.35. The Morgan fingerprint density at radius 1 is 1.50 bits per heavy atom. The monoisotopic (exact) mass is 159 g/mol. The van der Waals surface area contributed by atoms with Gasteiger partial charge >= 0.3 is 0 Å². The summed E-state index contributed by atoms with van der Waals surface area (Å²) in [5, 5.41) is 0.391. The lowest BCUT2D eigenvalue weighted by Gasteiger charge is -2.01. The maximum absolute atomic E-state index is 12.1. The first-order valence-corrected chi connectivity index (χ1v) is 3.22. The summed E-state index contributed by atoms with van der Waals surface area (Å²) >= 11 is 5.61. The highest BCUT2D eigenvalue weighted by molar-refractivity contribution is 6.31. The van der Waals surface area contributed by atoms with Gasteiger partial charge in [0, 0.05) is 16.3 Å². The highest BCUT2D eigenvalue weighted by Gasteiger charge is 2.01. The third-order valence-electron chi connectivity index (χ3n) is 1.29. The molecule has 2 N–H and O–H groups in total. The summed E-state index contributed by atoms with van der Waals surface area (Å²) in [7, 11) is 0. The Labute approximate surface area is 63.6 Å². The Balaban J connectivity index is 3.17. The van der Waals surface area contributed by atoms with Gasteiger partial charge < -0.3 is 5.73 Å². The Morgan fingerprint density at radius 3 is 2.60 bits per heavy atom. The molecule has 0 saturated carbocycles. The number of benzene rings is 1. The van der Waals surface area contributed by atoms with E-state index in [-0.39, 0.29) is 0 Å². The molecule has 0 aliphatic rings. The van der Waals surface area contributed by atoms with E-state index in [1.165, 1.54) is 0 Å². The molecule has 0 radical (unpaired) electrons. The van der Waals surface area contributed by atoms with Crippen molar-refractivity contribution < 1.29 is 4.39 Å². The van der Waals surface area contributed by atoms with Crippen LogP contribution in [0.15, 0.2) is 18.2 Å². The minimum atomic E-state index is -0.606. The molecule has 0 saturated heterocycles. The standard InChI is InChI=1S/C7H7ClFN/c8-6-2-1-3-7(10)5(6)4-9/h1-3H,4,10H2. The molecule has 0 bridgehead atoms. The average Bonchev–Trinajstić information content (AvgIpc) is 1.88. The SMILES string of the molecule is Nc1cccc(Cl)c1CF. The Bertz CT molecular complexity index is 217. The van der Waals surface area contributed by atoms with Gasteiger partial charge in [-0.2, -0.15) is 0 Å². The number of nitrogens with two attached hydrogens (primary N) is 1. The molecule has 0 aliphatic carbocycles. The molecule has 0 fully saturated rings. The van der Waals surface area contributed by atoms with Crippen LogP contribution in [0.25, 0.3) is 0 Å². The van der Waals surface area contributed by atoms with Crippen molar-refractivity contribution in [1.82, 2.24) is 0 Å². The van der Waals surface area contributed by atoms with Gasteiger partial charge in [-0.15, -0.1) is 0 Å². The van der Waals surface area contributed by atoms with E-state index >= 15 is 0 Å². The molecule has 0 spiro atoms. The fourth-order valence-electron chi connectivity index (χ4n) is 0.716. The van der Waals surface area contributed by atoms with Gasteiger partial charge in [-0.3, -0.25) is 0 Å². The van der Waals surface area contributed by atoms with Crippen LogP contribution in [0.2, 0.25) is 5.02 Å². The van der Waals surface area contributed by atoms with Crippen LogP contribution in [0.5, 0.6) is 0 Å². The third kappa shape index (κ3) is 1.21. The van der Waals surface area contributed by atoms with Crippen molar-refractivity contribution in [3.8, 4) is 0 Å². The zero-order valence-corrected chi connectivity index (χ0v) is 6.03. The minimum absolute atomic E-state index is 0.379. The predicted octanol–water partition coefficient (Wildman–Crippen LogP) is 2.39. The van der Waals surface area contributed by atoms with E-state index in [4.69, 9.17) is 17.3 Å². The van der Waals surface area contributed by atoms with Crippen molar-refractivity contribution >= 4 is 17.3 Å². The van der Waals surface area contributed by atoms with E-state index < -0.39 is 6.67 Å². The van der Waals surface area contributed by atoms with Gasteiger partial charge in [0.1, 0.15) is 6.67 Å². The van der Waals surface area contributed by atoms with Crippen molar-refractivity contribution in [3.05, 3.63) is 28.8 Å². The van der Waals surface area contributed by atoms with Gasteiger partial charge in [0.2, 0.25) is 0 Å². The second-order valence-electron chi connectivity index (χ2n) is 1.94. The van der Waals surface area contributed by atoms with Crippen LogP contribution in [0, 0.1) is 0 Å². The van der Waals surface area contributed by atoms with Crippen molar-refractivity contribution in [1.29, 1.82) is 0 Å². The molecule has 0 atom stereocenters. The van der Waals surface area contributed by atoms with Crippen molar-refractivity contribution in [2.24, 2.45) is 0 Å². The lowest BCUT2D eigenvalue weighted by molar-refractivity contribution is 0.486. The highest BCUT2D eigenvalue weighted by Crippen LogP contribution is 2.22. The van der Waals surface area contributed by atoms with Crippen LogP contribution in [0.4, 0.5) is 10.1 Å². The molecular weight excluding hydrogens is 153 g/mol. The van der Waals surface area contributed by atoms with E-state index in [0.29, 0.717) is 16.3 Å². The van der Waals surface area contributed by atoms with E-state index in [9.17, 15) is 4.39 Å². The lowest BCUT2D eigenvalue weighted by atomic mass is 10.2. The summed E-state index contributed by atoms with van der Waals surface area (Å²) in [5.74, 6) is 0. The number of hydrogen-bond acceptors (Lipinski definition) is 1. The molecule has 1 nitrogen and oxygen atoms in total. The average molecular weight is 160 g/mol. The summed E-state index contributed by atoms with van der Waals surface area (Å²) < 4.78 is 12.1. The normalized spacial score (nSPS) is 9.80. The molecule has 0 heterocycles. The number of halogens is 2. The third-order valence-corrected chi connectivity index (χ3v) is 1.64. The summed E-state index contributed by atoms with van der Waals surface area (Å²) in [6.45, 7) is -0.606. The lowest BCUT2D eigenvalue weighted by Crippen LogP contribution is -1.91. The maximum atomic E-state index is 12.1. The topological polar surface area (TPSA) is 26.0 Å². The van der Waals surface area contributed by atoms with E-state index in [1.807, 2.05) is 0 Å². The first-order valence-electron chi connectivity index (χ1n) is 2.84. The molecule has 54 valence electrons. The number of alkyl halides is 1. The van der Waals surface area contributed by atoms with E-state index in [0.717, 1.165) is 0 Å². The summed E-state index contributed by atoms with van der Waals surface area (Å²) in [5.41, 5.74) is 6.20. The second kappa shape index (κ2) is 2.88. The van der Waals surface area contributed by atoms with Crippen LogP contribution in [0.3, 0.4) is 0 Å². The Kier molecular flexibility index (Phi) is 2.12. The summed E-state index contributed by atoms with van der Waals surface area (Å²) in [4.78, 5) is 0. The van der Waals surface area contributed by atoms with Gasteiger partial charge in [0.25, 0.3) is 0 Å². The fourth-order valence-corrected chi connectivity index (χ4v) is 0.949. The van der Waals surface area contributed by atoms with Crippen molar-refractivity contribution in [2.45, 2.75) is 6.67 Å². The quantitative estimate of drug-likeness (QED) is 0.626. The number of hydrogen-bond donors (Lipinski definition) is 1. The van der Waals surface area contributed by atoms with E-state index in [2.05, 4.69) is 0 Å². The van der Waals surface area contributed by atoms with Crippen molar-refractivity contribution in [2.75, 3.05) is 5.73 Å². The number of anilines is 1. The van der Waals surface area contributed by atoms with Gasteiger partial charge in [0.15, 0.2) is 0 Å². The molecule has 0 amide bonds. The molecule has 1 aromatic rings. The highest BCUT2D eigenvalue weighted by atomic mass is 35.5. The van der Waals surface area contributed by atoms with Crippen LogP contribution >= 0.6 is 11.6 Å². The van der Waals surface area contributed by atoms with Gasteiger partial charge in [-0.05, 0) is 12.1 Å². The molecule has 3 heteroatoms. The largest absolute Gasteiger partial charge is 0.398 e. The second-order valence-corrected chi connectivity index (χ2v) is 2.35.